The second-order valence-corrected chi connectivity index (χ2v) is 5.06. The highest BCUT2D eigenvalue weighted by Crippen LogP contribution is 2.27. The van der Waals surface area contributed by atoms with Crippen LogP contribution in [-0.2, 0) is 6.42 Å². The number of nitrogens with zero attached hydrogens (tertiary/aromatic N) is 1. The predicted molar refractivity (Wildman–Crippen MR) is 68.9 cm³/mol. The largest absolute Gasteiger partial charge is 0.369 e. The predicted octanol–water partition coefficient (Wildman–Crippen LogP) is 2.17. The van der Waals surface area contributed by atoms with Gasteiger partial charge in [0.25, 0.3) is 5.56 Å². The van der Waals surface area contributed by atoms with Gasteiger partial charge in [-0.05, 0) is 25.7 Å². The van der Waals surface area contributed by atoms with Crippen LogP contribution in [-0.4, -0.2) is 9.97 Å². The van der Waals surface area contributed by atoms with Gasteiger partial charge in [0.1, 0.15) is 0 Å². The number of nitrogens with two attached hydrogens (primary N) is 1. The molecule has 0 unspecified atom stereocenters. The quantitative estimate of drug-likeness (QED) is 0.843. The molecule has 0 bridgehead atoms. The summed E-state index contributed by atoms with van der Waals surface area (Å²) in [6, 6.07) is 0. The topological polar surface area (TPSA) is 71.8 Å². The van der Waals surface area contributed by atoms with E-state index in [2.05, 4.69) is 9.97 Å². The van der Waals surface area contributed by atoms with Crippen LogP contribution in [0.5, 0.6) is 0 Å². The maximum Gasteiger partial charge on any atom is 0.255 e. The molecule has 4 heteroatoms. The summed E-state index contributed by atoms with van der Waals surface area (Å²) in [6.45, 7) is 1.86. The maximum atomic E-state index is 11.8. The number of H-pyrrole nitrogens is 1. The first-order valence-electron chi connectivity index (χ1n) is 6.52. The van der Waals surface area contributed by atoms with Crippen LogP contribution < -0.4 is 11.3 Å². The van der Waals surface area contributed by atoms with Gasteiger partial charge in [-0.15, -0.1) is 0 Å². The maximum absolute atomic E-state index is 11.8. The van der Waals surface area contributed by atoms with Crippen LogP contribution in [0.2, 0.25) is 0 Å². The number of rotatable bonds is 3. The summed E-state index contributed by atoms with van der Waals surface area (Å²) in [5.41, 5.74) is 7.03. The van der Waals surface area contributed by atoms with E-state index in [-0.39, 0.29) is 11.5 Å². The summed E-state index contributed by atoms with van der Waals surface area (Å²) < 4.78 is 0. The molecule has 17 heavy (non-hydrogen) atoms. The Balaban J connectivity index is 2.01. The van der Waals surface area contributed by atoms with Gasteiger partial charge in [-0.2, -0.15) is 0 Å². The van der Waals surface area contributed by atoms with E-state index in [1.165, 1.54) is 32.1 Å². The van der Waals surface area contributed by atoms with Crippen molar-refractivity contribution < 1.29 is 0 Å². The minimum absolute atomic E-state index is 0.0641. The van der Waals surface area contributed by atoms with Crippen molar-refractivity contribution in [2.75, 3.05) is 5.73 Å². The lowest BCUT2D eigenvalue weighted by Crippen LogP contribution is -2.19. The number of aromatic amines is 1. The summed E-state index contributed by atoms with van der Waals surface area (Å²) in [4.78, 5) is 18.5. The fourth-order valence-corrected chi connectivity index (χ4v) is 2.75. The fourth-order valence-electron chi connectivity index (χ4n) is 2.75. The van der Waals surface area contributed by atoms with E-state index in [0.717, 1.165) is 30.0 Å². The molecular formula is C13H21N3O. The molecule has 1 fully saturated rings. The normalized spacial score (nSPS) is 17.2. The second kappa shape index (κ2) is 5.34. The van der Waals surface area contributed by atoms with E-state index < -0.39 is 0 Å². The van der Waals surface area contributed by atoms with Crippen LogP contribution >= 0.6 is 0 Å². The number of nitrogen functional groups attached to an aromatic ring is 1. The average molecular weight is 235 g/mol. The molecule has 1 aromatic rings. The number of aryl methyl sites for hydroxylation is 1. The Labute approximate surface area is 102 Å². The van der Waals surface area contributed by atoms with E-state index >= 15 is 0 Å². The Morgan fingerprint density at radius 1 is 1.35 bits per heavy atom. The van der Waals surface area contributed by atoms with E-state index in [1.54, 1.807) is 0 Å². The van der Waals surface area contributed by atoms with E-state index in [9.17, 15) is 4.79 Å². The number of hydrogen-bond donors (Lipinski definition) is 2. The summed E-state index contributed by atoms with van der Waals surface area (Å²) >= 11 is 0. The molecule has 4 nitrogen and oxygen atoms in total. The number of hydrogen-bond acceptors (Lipinski definition) is 3. The highest BCUT2D eigenvalue weighted by molar-refractivity contribution is 5.24. The molecule has 0 radical (unpaired) electrons. The Kier molecular flexibility index (Phi) is 3.82. The zero-order valence-corrected chi connectivity index (χ0v) is 10.5. The van der Waals surface area contributed by atoms with Crippen molar-refractivity contribution in [1.29, 1.82) is 0 Å². The summed E-state index contributed by atoms with van der Waals surface area (Å²) in [7, 11) is 0. The van der Waals surface area contributed by atoms with Crippen molar-refractivity contribution in [3.63, 3.8) is 0 Å². The molecule has 1 saturated carbocycles. The third-order valence-corrected chi connectivity index (χ3v) is 3.77. The summed E-state index contributed by atoms with van der Waals surface area (Å²) in [5.74, 6) is 1.01. The molecule has 0 aliphatic heterocycles. The van der Waals surface area contributed by atoms with Crippen molar-refractivity contribution in [3.8, 4) is 0 Å². The molecule has 0 saturated heterocycles. The van der Waals surface area contributed by atoms with Gasteiger partial charge >= 0.3 is 0 Å². The van der Waals surface area contributed by atoms with E-state index in [0.29, 0.717) is 0 Å². The van der Waals surface area contributed by atoms with Gasteiger partial charge in [0.2, 0.25) is 5.95 Å². The zero-order chi connectivity index (χ0) is 12.3. The van der Waals surface area contributed by atoms with Gasteiger partial charge in [-0.1, -0.05) is 32.1 Å². The van der Waals surface area contributed by atoms with Gasteiger partial charge in [0.05, 0.1) is 0 Å². The molecular weight excluding hydrogens is 214 g/mol. The molecule has 1 aliphatic carbocycles. The van der Waals surface area contributed by atoms with Crippen molar-refractivity contribution in [2.45, 2.75) is 51.9 Å². The van der Waals surface area contributed by atoms with E-state index in [1.807, 2.05) is 6.92 Å². The van der Waals surface area contributed by atoms with Crippen molar-refractivity contribution in [1.82, 2.24) is 9.97 Å². The highest BCUT2D eigenvalue weighted by atomic mass is 16.1. The number of nitrogens with one attached hydrogen (secondary N) is 1. The number of aromatic nitrogens is 2. The highest BCUT2D eigenvalue weighted by Gasteiger charge is 2.15. The van der Waals surface area contributed by atoms with Gasteiger partial charge < -0.3 is 5.73 Å². The SMILES string of the molecule is Cc1nc(N)[nH]c(=O)c1CCC1CCCCC1. The van der Waals surface area contributed by atoms with Gasteiger partial charge in [0, 0.05) is 11.3 Å². The Morgan fingerprint density at radius 3 is 2.71 bits per heavy atom. The first kappa shape index (κ1) is 12.1. The molecule has 0 atom stereocenters. The monoisotopic (exact) mass is 235 g/mol. The molecule has 2 rings (SSSR count). The Bertz CT molecular complexity index is 433. The van der Waals surface area contributed by atoms with Crippen LogP contribution in [0.1, 0.15) is 49.8 Å². The standard InChI is InChI=1S/C13H21N3O/c1-9-11(12(17)16-13(14)15-9)8-7-10-5-3-2-4-6-10/h10H,2-8H2,1H3,(H3,14,15,16,17). The molecule has 94 valence electrons. The molecule has 0 spiro atoms. The first-order valence-corrected chi connectivity index (χ1v) is 6.52. The summed E-state index contributed by atoms with van der Waals surface area (Å²) in [6.07, 6.45) is 8.65. The van der Waals surface area contributed by atoms with Crippen molar-refractivity contribution >= 4 is 5.95 Å². The van der Waals surface area contributed by atoms with Crippen LogP contribution in [0.25, 0.3) is 0 Å². The molecule has 3 N–H and O–H groups in total. The molecule has 0 aromatic carbocycles. The average Bonchev–Trinajstić information content (AvgIpc) is 2.29. The fraction of sp³-hybridized carbons (Fsp3) is 0.692. The minimum atomic E-state index is -0.0641. The van der Waals surface area contributed by atoms with Crippen molar-refractivity contribution in [3.05, 3.63) is 21.6 Å². The van der Waals surface area contributed by atoms with E-state index in [4.69, 9.17) is 5.73 Å². The lowest BCUT2D eigenvalue weighted by molar-refractivity contribution is 0.338. The van der Waals surface area contributed by atoms with Gasteiger partial charge in [-0.25, -0.2) is 4.98 Å². The minimum Gasteiger partial charge on any atom is -0.369 e. The van der Waals surface area contributed by atoms with Crippen LogP contribution in [0.3, 0.4) is 0 Å². The van der Waals surface area contributed by atoms with Crippen LogP contribution in [0, 0.1) is 12.8 Å². The van der Waals surface area contributed by atoms with Crippen LogP contribution in [0.4, 0.5) is 5.95 Å². The number of anilines is 1. The smallest absolute Gasteiger partial charge is 0.255 e. The third-order valence-electron chi connectivity index (χ3n) is 3.77. The van der Waals surface area contributed by atoms with Crippen LogP contribution in [0.15, 0.2) is 4.79 Å². The van der Waals surface area contributed by atoms with Gasteiger partial charge in [-0.3, -0.25) is 9.78 Å². The summed E-state index contributed by atoms with van der Waals surface area (Å²) in [5, 5.41) is 0. The lowest BCUT2D eigenvalue weighted by atomic mass is 9.85. The molecule has 1 heterocycles. The van der Waals surface area contributed by atoms with Gasteiger partial charge in [0.15, 0.2) is 0 Å². The second-order valence-electron chi connectivity index (χ2n) is 5.06. The molecule has 1 aliphatic rings. The Morgan fingerprint density at radius 2 is 2.06 bits per heavy atom. The molecule has 1 aromatic heterocycles. The van der Waals surface area contributed by atoms with Crippen molar-refractivity contribution in [2.24, 2.45) is 5.92 Å². The first-order chi connectivity index (χ1) is 8.16. The molecule has 0 amide bonds. The third kappa shape index (κ3) is 3.08. The zero-order valence-electron chi connectivity index (χ0n) is 10.5. The lowest BCUT2D eigenvalue weighted by Gasteiger charge is -2.21. The Hall–Kier alpha value is -1.32.